The molecule has 0 atom stereocenters. The van der Waals surface area contributed by atoms with Crippen molar-refractivity contribution in [1.29, 1.82) is 5.26 Å². The number of aromatic nitrogens is 2. The van der Waals surface area contributed by atoms with Gasteiger partial charge in [0.05, 0.1) is 22.0 Å². The van der Waals surface area contributed by atoms with E-state index in [0.29, 0.717) is 36.2 Å². The van der Waals surface area contributed by atoms with Gasteiger partial charge in [-0.2, -0.15) is 5.26 Å². The molecule has 0 spiro atoms. The van der Waals surface area contributed by atoms with Gasteiger partial charge in [-0.15, -0.1) is 11.3 Å². The normalized spacial score (nSPS) is 10.9. The summed E-state index contributed by atoms with van der Waals surface area (Å²) in [4.78, 5) is 5.35. The zero-order valence-corrected chi connectivity index (χ0v) is 11.8. The van der Waals surface area contributed by atoms with Crippen LogP contribution in [0.5, 0.6) is 0 Å². The average molecular weight is 303 g/mol. The molecule has 3 nitrogen and oxygen atoms in total. The monoisotopic (exact) mass is 303 g/mol. The fourth-order valence-corrected chi connectivity index (χ4v) is 2.98. The lowest BCUT2D eigenvalue weighted by Crippen LogP contribution is -2.00. The summed E-state index contributed by atoms with van der Waals surface area (Å²) in [5.74, 6) is -1.11. The van der Waals surface area contributed by atoms with E-state index < -0.39 is 11.6 Å². The van der Waals surface area contributed by atoms with E-state index in [1.807, 2.05) is 22.1 Å². The van der Waals surface area contributed by atoms with Crippen LogP contribution in [0.15, 0.2) is 29.6 Å². The Kier molecular flexibility index (Phi) is 3.67. The van der Waals surface area contributed by atoms with Crippen LogP contribution < -0.4 is 0 Å². The van der Waals surface area contributed by atoms with Crippen LogP contribution >= 0.6 is 11.3 Å². The number of unbranched alkanes of at least 4 members (excludes halogenated alkanes) is 1. The van der Waals surface area contributed by atoms with E-state index in [-0.39, 0.29) is 0 Å². The molecule has 0 aliphatic carbocycles. The summed E-state index contributed by atoms with van der Waals surface area (Å²) in [6.45, 7) is 0.544. The second-order valence-corrected chi connectivity index (χ2v) is 5.53. The number of benzene rings is 1. The van der Waals surface area contributed by atoms with E-state index in [0.717, 1.165) is 10.9 Å². The largest absolute Gasteiger partial charge is 0.323 e. The molecule has 0 amide bonds. The fraction of sp³-hybridized carbons (Fsp3) is 0.200. The van der Waals surface area contributed by atoms with Crippen molar-refractivity contribution in [3.05, 3.63) is 41.3 Å². The van der Waals surface area contributed by atoms with Crippen molar-refractivity contribution in [2.45, 2.75) is 19.4 Å². The Labute approximate surface area is 124 Å². The van der Waals surface area contributed by atoms with Gasteiger partial charge in [-0.3, -0.25) is 0 Å². The highest BCUT2D eigenvalue weighted by Crippen LogP contribution is 2.29. The third-order valence-corrected chi connectivity index (χ3v) is 4.07. The van der Waals surface area contributed by atoms with Crippen molar-refractivity contribution in [3.63, 3.8) is 0 Å². The van der Waals surface area contributed by atoms with Crippen molar-refractivity contribution in [3.8, 4) is 16.8 Å². The standard InChI is InChI=1S/C15H11F2N3S/c16-10-8-12-13(9-11(10)17)20(6-2-1-5-18)15(19-12)14-4-3-7-21-14/h3-4,7-9H,1-2,6H2. The third-order valence-electron chi connectivity index (χ3n) is 3.20. The van der Waals surface area contributed by atoms with Gasteiger partial charge in [0.1, 0.15) is 0 Å². The summed E-state index contributed by atoms with van der Waals surface area (Å²) in [6, 6.07) is 8.19. The molecule has 0 radical (unpaired) electrons. The van der Waals surface area contributed by atoms with E-state index in [4.69, 9.17) is 5.26 Å². The van der Waals surface area contributed by atoms with Crippen LogP contribution in [-0.2, 0) is 6.54 Å². The number of hydrogen-bond donors (Lipinski definition) is 0. The minimum absolute atomic E-state index is 0.410. The molecule has 2 aromatic heterocycles. The van der Waals surface area contributed by atoms with Crippen molar-refractivity contribution in [2.75, 3.05) is 0 Å². The van der Waals surface area contributed by atoms with Gasteiger partial charge in [0, 0.05) is 25.1 Å². The number of imidazole rings is 1. The Balaban J connectivity index is 2.16. The van der Waals surface area contributed by atoms with Gasteiger partial charge >= 0.3 is 0 Å². The maximum absolute atomic E-state index is 13.5. The summed E-state index contributed by atoms with van der Waals surface area (Å²) >= 11 is 1.52. The van der Waals surface area contributed by atoms with Crippen molar-refractivity contribution < 1.29 is 8.78 Å². The van der Waals surface area contributed by atoms with E-state index in [1.165, 1.54) is 17.4 Å². The topological polar surface area (TPSA) is 41.6 Å². The number of rotatable bonds is 4. The van der Waals surface area contributed by atoms with Crippen LogP contribution in [0.25, 0.3) is 21.7 Å². The molecular weight excluding hydrogens is 292 g/mol. The maximum atomic E-state index is 13.5. The van der Waals surface area contributed by atoms with E-state index in [2.05, 4.69) is 11.1 Å². The van der Waals surface area contributed by atoms with Crippen LogP contribution in [0.1, 0.15) is 12.8 Å². The summed E-state index contributed by atoms with van der Waals surface area (Å²) in [5.41, 5.74) is 0.976. The van der Waals surface area contributed by atoms with Crippen LogP contribution in [0.2, 0.25) is 0 Å². The Hall–Kier alpha value is -2.26. The quantitative estimate of drug-likeness (QED) is 0.672. The number of thiophene rings is 1. The summed E-state index contributed by atoms with van der Waals surface area (Å²) in [7, 11) is 0. The SMILES string of the molecule is N#CCCCn1c(-c2cccs2)nc2cc(F)c(F)cc21. The fourth-order valence-electron chi connectivity index (χ4n) is 2.26. The molecule has 0 fully saturated rings. The minimum Gasteiger partial charge on any atom is -0.323 e. The molecule has 0 N–H and O–H groups in total. The molecule has 0 saturated heterocycles. The molecule has 106 valence electrons. The lowest BCUT2D eigenvalue weighted by molar-refractivity contribution is 0.510. The van der Waals surface area contributed by atoms with E-state index >= 15 is 0 Å². The second-order valence-electron chi connectivity index (χ2n) is 4.58. The highest BCUT2D eigenvalue weighted by atomic mass is 32.1. The zero-order valence-electron chi connectivity index (χ0n) is 11.0. The summed E-state index contributed by atoms with van der Waals surface area (Å²) in [6.07, 6.45) is 1.05. The number of hydrogen-bond acceptors (Lipinski definition) is 3. The number of fused-ring (bicyclic) bond motifs is 1. The maximum Gasteiger partial charge on any atom is 0.161 e. The first-order valence-electron chi connectivity index (χ1n) is 6.47. The third kappa shape index (κ3) is 2.52. The minimum atomic E-state index is -0.901. The van der Waals surface area contributed by atoms with Crippen LogP contribution in [0, 0.1) is 23.0 Å². The first-order chi connectivity index (χ1) is 10.2. The molecule has 0 saturated carbocycles. The van der Waals surface area contributed by atoms with Gasteiger partial charge in [0.2, 0.25) is 0 Å². The Morgan fingerprint density at radius 1 is 1.29 bits per heavy atom. The van der Waals surface area contributed by atoms with Gasteiger partial charge in [-0.25, -0.2) is 13.8 Å². The van der Waals surface area contributed by atoms with Crippen molar-refractivity contribution >= 4 is 22.4 Å². The molecule has 1 aromatic carbocycles. The molecule has 0 unspecified atom stereocenters. The molecule has 2 heterocycles. The molecule has 3 aromatic rings. The highest BCUT2D eigenvalue weighted by Gasteiger charge is 2.16. The van der Waals surface area contributed by atoms with Crippen molar-refractivity contribution in [1.82, 2.24) is 9.55 Å². The Morgan fingerprint density at radius 2 is 2.10 bits per heavy atom. The summed E-state index contributed by atoms with van der Waals surface area (Å²) in [5, 5.41) is 10.6. The summed E-state index contributed by atoms with van der Waals surface area (Å²) < 4.78 is 28.7. The molecule has 0 aliphatic heterocycles. The average Bonchev–Trinajstić information content (AvgIpc) is 3.09. The first-order valence-corrected chi connectivity index (χ1v) is 7.35. The number of nitrogens with zero attached hydrogens (tertiary/aromatic N) is 3. The van der Waals surface area contributed by atoms with E-state index in [1.54, 1.807) is 0 Å². The molecule has 0 aliphatic rings. The molecule has 3 rings (SSSR count). The number of halogens is 2. The lowest BCUT2D eigenvalue weighted by Gasteiger charge is -2.06. The second kappa shape index (κ2) is 5.62. The smallest absolute Gasteiger partial charge is 0.161 e. The van der Waals surface area contributed by atoms with Gasteiger partial charge in [-0.05, 0) is 17.9 Å². The molecule has 0 bridgehead atoms. The Bertz CT molecular complexity index is 816. The predicted octanol–water partition coefficient (Wildman–Crippen LogP) is 4.35. The van der Waals surface area contributed by atoms with Gasteiger partial charge < -0.3 is 4.57 Å². The first kappa shape index (κ1) is 13.7. The van der Waals surface area contributed by atoms with Crippen LogP contribution in [0.4, 0.5) is 8.78 Å². The van der Waals surface area contributed by atoms with Crippen LogP contribution in [0.3, 0.4) is 0 Å². The Morgan fingerprint density at radius 3 is 2.81 bits per heavy atom. The zero-order chi connectivity index (χ0) is 14.8. The van der Waals surface area contributed by atoms with Crippen molar-refractivity contribution in [2.24, 2.45) is 0 Å². The molecular formula is C15H11F2N3S. The molecule has 6 heteroatoms. The van der Waals surface area contributed by atoms with E-state index in [9.17, 15) is 8.78 Å². The predicted molar refractivity (Wildman–Crippen MR) is 77.8 cm³/mol. The molecule has 21 heavy (non-hydrogen) atoms. The highest BCUT2D eigenvalue weighted by molar-refractivity contribution is 7.13. The van der Waals surface area contributed by atoms with Gasteiger partial charge in [-0.1, -0.05) is 6.07 Å². The lowest BCUT2D eigenvalue weighted by atomic mass is 10.2. The van der Waals surface area contributed by atoms with Gasteiger partial charge in [0.15, 0.2) is 17.5 Å². The van der Waals surface area contributed by atoms with Gasteiger partial charge in [0.25, 0.3) is 0 Å². The number of aryl methyl sites for hydroxylation is 1. The number of nitriles is 1. The van der Waals surface area contributed by atoms with Crippen LogP contribution in [-0.4, -0.2) is 9.55 Å².